The van der Waals surface area contributed by atoms with Gasteiger partial charge in [0.1, 0.15) is 10.7 Å². The highest BCUT2D eigenvalue weighted by Gasteiger charge is 2.24. The Morgan fingerprint density at radius 2 is 2.25 bits per heavy atom. The summed E-state index contributed by atoms with van der Waals surface area (Å²) >= 11 is 1.34. The normalized spacial score (nSPS) is 15.4. The standard InChI is InChI=1S/C10H16N4OS/c1-2-12-10-13-8(11)7(16-10)9(15)14-5-3-4-6-14/h2-6,11H2,1H3,(H,12,13). The molecule has 0 spiro atoms. The number of nitrogen functional groups attached to an aromatic ring is 1. The molecule has 1 aromatic heterocycles. The van der Waals surface area contributed by atoms with Crippen molar-refractivity contribution >= 4 is 28.2 Å². The Balaban J connectivity index is 2.15. The average Bonchev–Trinajstić information content (AvgIpc) is 2.87. The molecule has 0 aromatic carbocycles. The summed E-state index contributed by atoms with van der Waals surface area (Å²) in [6.07, 6.45) is 2.18. The minimum Gasteiger partial charge on any atom is -0.382 e. The summed E-state index contributed by atoms with van der Waals surface area (Å²) < 4.78 is 0. The van der Waals surface area contributed by atoms with Crippen molar-refractivity contribution in [3.63, 3.8) is 0 Å². The summed E-state index contributed by atoms with van der Waals surface area (Å²) in [5.41, 5.74) is 5.75. The highest BCUT2D eigenvalue weighted by atomic mass is 32.1. The van der Waals surface area contributed by atoms with Crippen LogP contribution in [0.2, 0.25) is 0 Å². The van der Waals surface area contributed by atoms with E-state index in [9.17, 15) is 4.79 Å². The molecule has 1 fully saturated rings. The van der Waals surface area contributed by atoms with Crippen molar-refractivity contribution < 1.29 is 4.79 Å². The van der Waals surface area contributed by atoms with Crippen LogP contribution in [0.5, 0.6) is 0 Å². The van der Waals surface area contributed by atoms with Crippen LogP contribution < -0.4 is 11.1 Å². The molecule has 2 heterocycles. The summed E-state index contributed by atoms with van der Waals surface area (Å²) in [7, 11) is 0. The molecule has 0 saturated carbocycles. The molecule has 1 aliphatic heterocycles. The molecular weight excluding hydrogens is 224 g/mol. The first-order chi connectivity index (χ1) is 7.72. The minimum atomic E-state index is 0.0247. The molecule has 0 aliphatic carbocycles. The van der Waals surface area contributed by atoms with Crippen molar-refractivity contribution in [2.75, 3.05) is 30.7 Å². The highest BCUT2D eigenvalue weighted by Crippen LogP contribution is 2.27. The molecule has 0 unspecified atom stereocenters. The average molecular weight is 240 g/mol. The fourth-order valence-electron chi connectivity index (χ4n) is 1.78. The van der Waals surface area contributed by atoms with Gasteiger partial charge in [-0.25, -0.2) is 4.98 Å². The van der Waals surface area contributed by atoms with Crippen molar-refractivity contribution in [1.82, 2.24) is 9.88 Å². The van der Waals surface area contributed by atoms with Crippen molar-refractivity contribution in [3.8, 4) is 0 Å². The fraction of sp³-hybridized carbons (Fsp3) is 0.600. The zero-order valence-corrected chi connectivity index (χ0v) is 10.1. The van der Waals surface area contributed by atoms with Gasteiger partial charge in [0.05, 0.1) is 0 Å². The number of carbonyl (C=O) groups excluding carboxylic acids is 1. The number of aromatic nitrogens is 1. The maximum absolute atomic E-state index is 12.1. The van der Waals surface area contributed by atoms with Gasteiger partial charge in [-0.3, -0.25) is 4.79 Å². The number of hydrogen-bond acceptors (Lipinski definition) is 5. The zero-order chi connectivity index (χ0) is 11.5. The minimum absolute atomic E-state index is 0.0247. The molecule has 6 heteroatoms. The maximum Gasteiger partial charge on any atom is 0.267 e. The topological polar surface area (TPSA) is 71.2 Å². The van der Waals surface area contributed by atoms with Crippen LogP contribution in [0, 0.1) is 0 Å². The van der Waals surface area contributed by atoms with E-state index in [1.165, 1.54) is 11.3 Å². The van der Waals surface area contributed by atoms with E-state index in [1.54, 1.807) is 0 Å². The van der Waals surface area contributed by atoms with Crippen molar-refractivity contribution in [2.24, 2.45) is 0 Å². The predicted molar refractivity (Wildman–Crippen MR) is 65.8 cm³/mol. The van der Waals surface area contributed by atoms with E-state index >= 15 is 0 Å². The summed E-state index contributed by atoms with van der Waals surface area (Å²) in [6.45, 7) is 4.45. The molecule has 16 heavy (non-hydrogen) atoms. The number of likely N-dealkylation sites (tertiary alicyclic amines) is 1. The number of rotatable bonds is 3. The second kappa shape index (κ2) is 4.69. The lowest BCUT2D eigenvalue weighted by Gasteiger charge is -2.13. The third-order valence-corrected chi connectivity index (χ3v) is 3.59. The molecule has 2 rings (SSSR count). The number of nitrogens with two attached hydrogens (primary N) is 1. The van der Waals surface area contributed by atoms with E-state index in [-0.39, 0.29) is 5.91 Å². The number of anilines is 2. The van der Waals surface area contributed by atoms with E-state index in [1.807, 2.05) is 11.8 Å². The smallest absolute Gasteiger partial charge is 0.267 e. The van der Waals surface area contributed by atoms with E-state index in [4.69, 9.17) is 5.73 Å². The predicted octanol–water partition coefficient (Wildman–Crippen LogP) is 1.39. The van der Waals surface area contributed by atoms with Gasteiger partial charge >= 0.3 is 0 Å². The SMILES string of the molecule is CCNc1nc(N)c(C(=O)N2CCCC2)s1. The van der Waals surface area contributed by atoms with E-state index < -0.39 is 0 Å². The van der Waals surface area contributed by atoms with Gasteiger partial charge < -0.3 is 16.0 Å². The molecule has 1 amide bonds. The lowest BCUT2D eigenvalue weighted by molar-refractivity contribution is 0.0798. The monoisotopic (exact) mass is 240 g/mol. The number of thiazole rings is 1. The number of nitrogens with zero attached hydrogens (tertiary/aromatic N) is 2. The first-order valence-corrected chi connectivity index (χ1v) is 6.33. The summed E-state index contributed by atoms with van der Waals surface area (Å²) in [4.78, 5) is 18.6. The Kier molecular flexibility index (Phi) is 3.28. The maximum atomic E-state index is 12.1. The molecule has 1 saturated heterocycles. The van der Waals surface area contributed by atoms with Gasteiger partial charge in [-0.2, -0.15) is 0 Å². The third-order valence-electron chi connectivity index (χ3n) is 2.57. The molecule has 5 nitrogen and oxygen atoms in total. The van der Waals surface area contributed by atoms with Crippen LogP contribution in [0.3, 0.4) is 0 Å². The van der Waals surface area contributed by atoms with Crippen LogP contribution in [0.25, 0.3) is 0 Å². The third kappa shape index (κ3) is 2.11. The second-order valence-electron chi connectivity index (χ2n) is 3.76. The van der Waals surface area contributed by atoms with Gasteiger partial charge in [0.25, 0.3) is 5.91 Å². The lowest BCUT2D eigenvalue weighted by Crippen LogP contribution is -2.27. The van der Waals surface area contributed by atoms with Crippen molar-refractivity contribution in [2.45, 2.75) is 19.8 Å². The summed E-state index contributed by atoms with van der Waals surface area (Å²) in [5, 5.41) is 3.80. The van der Waals surface area contributed by atoms with Crippen molar-refractivity contribution in [3.05, 3.63) is 4.88 Å². The fourth-order valence-corrected chi connectivity index (χ4v) is 2.70. The largest absolute Gasteiger partial charge is 0.382 e. The zero-order valence-electron chi connectivity index (χ0n) is 9.32. The second-order valence-corrected chi connectivity index (χ2v) is 4.76. The van der Waals surface area contributed by atoms with Crippen LogP contribution in [0.4, 0.5) is 10.9 Å². The van der Waals surface area contributed by atoms with Crippen LogP contribution >= 0.6 is 11.3 Å². The van der Waals surface area contributed by atoms with Gasteiger partial charge in [-0.1, -0.05) is 11.3 Å². The Bertz CT molecular complexity index is 384. The Hall–Kier alpha value is -1.30. The van der Waals surface area contributed by atoms with E-state index in [0.29, 0.717) is 10.7 Å². The Morgan fingerprint density at radius 1 is 1.56 bits per heavy atom. The number of hydrogen-bond donors (Lipinski definition) is 2. The Labute approximate surface area is 98.7 Å². The molecule has 0 bridgehead atoms. The first-order valence-electron chi connectivity index (χ1n) is 5.51. The molecule has 88 valence electrons. The van der Waals surface area contributed by atoms with Crippen LogP contribution in [-0.4, -0.2) is 35.4 Å². The molecule has 1 aromatic rings. The van der Waals surface area contributed by atoms with Crippen LogP contribution in [0.1, 0.15) is 29.4 Å². The quantitative estimate of drug-likeness (QED) is 0.837. The molecule has 0 atom stereocenters. The number of nitrogens with one attached hydrogen (secondary N) is 1. The molecule has 1 aliphatic rings. The highest BCUT2D eigenvalue weighted by molar-refractivity contribution is 7.18. The van der Waals surface area contributed by atoms with E-state index in [2.05, 4.69) is 10.3 Å². The number of amides is 1. The summed E-state index contributed by atoms with van der Waals surface area (Å²) in [6, 6.07) is 0. The lowest BCUT2D eigenvalue weighted by atomic mass is 10.4. The molecular formula is C10H16N4OS. The number of carbonyl (C=O) groups is 1. The summed E-state index contributed by atoms with van der Waals surface area (Å²) in [5.74, 6) is 0.370. The van der Waals surface area contributed by atoms with Crippen LogP contribution in [-0.2, 0) is 0 Å². The molecule has 0 radical (unpaired) electrons. The van der Waals surface area contributed by atoms with Crippen molar-refractivity contribution in [1.29, 1.82) is 0 Å². The Morgan fingerprint density at radius 3 is 2.88 bits per heavy atom. The van der Waals surface area contributed by atoms with Gasteiger partial charge in [0.15, 0.2) is 5.13 Å². The van der Waals surface area contributed by atoms with Gasteiger partial charge in [-0.15, -0.1) is 0 Å². The van der Waals surface area contributed by atoms with Gasteiger partial charge in [0, 0.05) is 19.6 Å². The first kappa shape index (κ1) is 11.2. The van der Waals surface area contributed by atoms with Gasteiger partial charge in [-0.05, 0) is 19.8 Å². The van der Waals surface area contributed by atoms with E-state index in [0.717, 1.165) is 37.6 Å². The molecule has 3 N–H and O–H groups in total. The van der Waals surface area contributed by atoms with Gasteiger partial charge in [0.2, 0.25) is 0 Å². The van der Waals surface area contributed by atoms with Crippen LogP contribution in [0.15, 0.2) is 0 Å².